The molecular weight excluding hydrogens is 406 g/mol. The highest BCUT2D eigenvalue weighted by Gasteiger charge is 2.61. The van der Waals surface area contributed by atoms with Gasteiger partial charge in [-0.15, -0.1) is 0 Å². The van der Waals surface area contributed by atoms with Gasteiger partial charge in [-0.1, -0.05) is 33.8 Å². The topological polar surface area (TPSA) is 61.8 Å². The maximum absolute atomic E-state index is 14.9. The zero-order chi connectivity index (χ0) is 23.5. The van der Waals surface area contributed by atoms with Gasteiger partial charge in [0.1, 0.15) is 18.2 Å². The minimum atomic E-state index is -0.647. The SMILES string of the molecule is CCc1c(F)c(COC)c(F)c(CC)c1COC(=O)[C@@H]1[C@@H](/C=C(\C)C(=O)OC)C1(C)C. The van der Waals surface area contributed by atoms with Crippen LogP contribution in [0.4, 0.5) is 8.78 Å². The number of hydrogen-bond donors (Lipinski definition) is 0. The van der Waals surface area contributed by atoms with Gasteiger partial charge in [0.2, 0.25) is 0 Å². The van der Waals surface area contributed by atoms with E-state index in [9.17, 15) is 18.4 Å². The third-order valence-electron chi connectivity index (χ3n) is 6.24. The zero-order valence-corrected chi connectivity index (χ0v) is 19.4. The van der Waals surface area contributed by atoms with Crippen molar-refractivity contribution in [1.82, 2.24) is 0 Å². The molecule has 2 atom stereocenters. The van der Waals surface area contributed by atoms with Gasteiger partial charge in [-0.3, -0.25) is 4.79 Å². The fourth-order valence-electron chi connectivity index (χ4n) is 4.26. The molecule has 0 saturated heterocycles. The minimum Gasteiger partial charge on any atom is -0.466 e. The molecule has 172 valence electrons. The maximum Gasteiger partial charge on any atom is 0.333 e. The Balaban J connectivity index is 2.27. The van der Waals surface area contributed by atoms with Gasteiger partial charge in [-0.2, -0.15) is 0 Å². The number of ether oxygens (including phenoxy) is 3. The van der Waals surface area contributed by atoms with Crippen LogP contribution in [0.15, 0.2) is 11.6 Å². The molecular formula is C24H32F2O5. The van der Waals surface area contributed by atoms with E-state index in [1.54, 1.807) is 26.8 Å². The standard InChI is InChI=1S/C24H32F2O5/c1-8-14-16(15(9-2)21(26)17(11-29-6)20(14)25)12-31-23(28)19-18(24(19,4)5)10-13(3)22(27)30-7/h10,18-19H,8-9,11-12H2,1-7H3/b13-10+/t18-,19+/m1/s1. The molecule has 7 heteroatoms. The molecule has 31 heavy (non-hydrogen) atoms. The molecule has 1 aromatic carbocycles. The van der Waals surface area contributed by atoms with Crippen LogP contribution in [-0.2, 0) is 49.9 Å². The second-order valence-corrected chi connectivity index (χ2v) is 8.46. The second-order valence-electron chi connectivity index (χ2n) is 8.46. The lowest BCUT2D eigenvalue weighted by Gasteiger charge is -2.19. The third-order valence-corrected chi connectivity index (χ3v) is 6.24. The smallest absolute Gasteiger partial charge is 0.333 e. The Kier molecular flexibility index (Phi) is 7.98. The number of rotatable bonds is 9. The monoisotopic (exact) mass is 438 g/mol. The number of allylic oxidation sites excluding steroid dienone is 1. The molecule has 0 aromatic heterocycles. The van der Waals surface area contributed by atoms with E-state index in [1.165, 1.54) is 14.2 Å². The second kappa shape index (κ2) is 9.90. The quantitative estimate of drug-likeness (QED) is 0.414. The van der Waals surface area contributed by atoms with Crippen LogP contribution in [0.5, 0.6) is 0 Å². The van der Waals surface area contributed by atoms with Crippen molar-refractivity contribution in [2.45, 2.75) is 60.7 Å². The van der Waals surface area contributed by atoms with Gasteiger partial charge < -0.3 is 14.2 Å². The first-order valence-electron chi connectivity index (χ1n) is 10.5. The van der Waals surface area contributed by atoms with Gasteiger partial charge >= 0.3 is 11.9 Å². The van der Waals surface area contributed by atoms with Gasteiger partial charge in [0.25, 0.3) is 0 Å². The molecule has 2 rings (SSSR count). The van der Waals surface area contributed by atoms with E-state index < -0.39 is 29.5 Å². The van der Waals surface area contributed by atoms with Gasteiger partial charge in [0.05, 0.1) is 19.6 Å². The molecule has 0 heterocycles. The first kappa shape index (κ1) is 25.0. The Morgan fingerprint density at radius 3 is 1.97 bits per heavy atom. The van der Waals surface area contributed by atoms with E-state index in [0.717, 1.165) is 0 Å². The number of esters is 2. The molecule has 1 aliphatic carbocycles. The summed E-state index contributed by atoms with van der Waals surface area (Å²) in [6.07, 6.45) is 2.40. The predicted octanol–water partition coefficient (Wildman–Crippen LogP) is 4.67. The van der Waals surface area contributed by atoms with Gasteiger partial charge in [-0.25, -0.2) is 13.6 Å². The third kappa shape index (κ3) is 4.81. The summed E-state index contributed by atoms with van der Waals surface area (Å²) in [5, 5.41) is 0. The minimum absolute atomic E-state index is 0.0990. The summed E-state index contributed by atoms with van der Waals surface area (Å²) in [6.45, 7) is 8.65. The molecule has 1 aromatic rings. The summed E-state index contributed by atoms with van der Waals surface area (Å²) in [7, 11) is 2.69. The van der Waals surface area contributed by atoms with Crippen LogP contribution in [0.3, 0.4) is 0 Å². The van der Waals surface area contributed by atoms with E-state index in [1.807, 2.05) is 13.8 Å². The average Bonchev–Trinajstić information content (AvgIpc) is 3.28. The summed E-state index contributed by atoms with van der Waals surface area (Å²) in [5.41, 5.74) is 1.00. The number of benzene rings is 1. The molecule has 0 bridgehead atoms. The van der Waals surface area contributed by atoms with E-state index >= 15 is 0 Å². The summed E-state index contributed by atoms with van der Waals surface area (Å²) >= 11 is 0. The molecule has 5 nitrogen and oxygen atoms in total. The number of carbonyl (C=O) groups is 2. The van der Waals surface area contributed by atoms with Crippen molar-refractivity contribution in [2.24, 2.45) is 17.3 Å². The van der Waals surface area contributed by atoms with Crippen LogP contribution in [-0.4, -0.2) is 26.2 Å². The van der Waals surface area contributed by atoms with Crippen molar-refractivity contribution in [1.29, 1.82) is 0 Å². The van der Waals surface area contributed by atoms with E-state index in [-0.39, 0.29) is 30.1 Å². The molecule has 0 aliphatic heterocycles. The molecule has 0 N–H and O–H groups in total. The number of carbonyl (C=O) groups excluding carboxylic acids is 2. The lowest BCUT2D eigenvalue weighted by molar-refractivity contribution is -0.147. The van der Waals surface area contributed by atoms with Crippen molar-refractivity contribution in [2.75, 3.05) is 14.2 Å². The van der Waals surface area contributed by atoms with Crippen LogP contribution in [0, 0.1) is 28.9 Å². The Morgan fingerprint density at radius 2 is 1.52 bits per heavy atom. The summed E-state index contributed by atoms with van der Waals surface area (Å²) in [6, 6.07) is 0. The fourth-order valence-corrected chi connectivity index (χ4v) is 4.26. The highest BCUT2D eigenvalue weighted by Crippen LogP contribution is 2.60. The van der Waals surface area contributed by atoms with Crippen LogP contribution in [0.25, 0.3) is 0 Å². The van der Waals surface area contributed by atoms with Crippen molar-refractivity contribution in [3.05, 3.63) is 45.5 Å². The maximum atomic E-state index is 14.9. The van der Waals surface area contributed by atoms with Gasteiger partial charge in [-0.05, 0) is 42.2 Å². The van der Waals surface area contributed by atoms with Gasteiger partial charge in [0.15, 0.2) is 0 Å². The lowest BCUT2D eigenvalue weighted by atomic mass is 9.93. The summed E-state index contributed by atoms with van der Waals surface area (Å²) in [5.74, 6) is -2.80. The largest absolute Gasteiger partial charge is 0.466 e. The highest BCUT2D eigenvalue weighted by atomic mass is 19.1. The van der Waals surface area contributed by atoms with Crippen LogP contribution < -0.4 is 0 Å². The Morgan fingerprint density at radius 1 is 0.968 bits per heavy atom. The molecule has 0 spiro atoms. The van der Waals surface area contributed by atoms with Crippen LogP contribution in [0.2, 0.25) is 0 Å². The Hall–Kier alpha value is -2.28. The first-order valence-corrected chi connectivity index (χ1v) is 10.5. The fraction of sp³-hybridized carbons (Fsp3) is 0.583. The summed E-state index contributed by atoms with van der Waals surface area (Å²) in [4.78, 5) is 24.5. The first-order chi connectivity index (χ1) is 14.6. The van der Waals surface area contributed by atoms with Crippen molar-refractivity contribution < 1.29 is 32.6 Å². The molecule has 1 fully saturated rings. The lowest BCUT2D eigenvalue weighted by Crippen LogP contribution is -2.16. The number of halogens is 2. The van der Waals surface area contributed by atoms with E-state index in [4.69, 9.17) is 14.2 Å². The normalized spacial score (nSPS) is 19.8. The molecule has 0 amide bonds. The van der Waals surface area contributed by atoms with Crippen molar-refractivity contribution in [3.63, 3.8) is 0 Å². The van der Waals surface area contributed by atoms with Gasteiger partial charge in [0, 0.05) is 23.8 Å². The van der Waals surface area contributed by atoms with Crippen LogP contribution >= 0.6 is 0 Å². The number of hydrogen-bond acceptors (Lipinski definition) is 5. The van der Waals surface area contributed by atoms with E-state index in [0.29, 0.717) is 35.1 Å². The van der Waals surface area contributed by atoms with E-state index in [2.05, 4.69) is 0 Å². The van der Waals surface area contributed by atoms with Crippen molar-refractivity contribution >= 4 is 11.9 Å². The average molecular weight is 439 g/mol. The molecule has 0 radical (unpaired) electrons. The highest BCUT2D eigenvalue weighted by molar-refractivity contribution is 5.88. The van der Waals surface area contributed by atoms with Crippen molar-refractivity contribution in [3.8, 4) is 0 Å². The Labute approximate surface area is 182 Å². The molecule has 1 saturated carbocycles. The molecule has 0 unspecified atom stereocenters. The zero-order valence-electron chi connectivity index (χ0n) is 19.4. The molecule has 1 aliphatic rings. The Bertz CT molecular complexity index is 857. The summed E-state index contributed by atoms with van der Waals surface area (Å²) < 4.78 is 45.0. The number of methoxy groups -OCH3 is 2. The predicted molar refractivity (Wildman–Crippen MR) is 112 cm³/mol. The van der Waals surface area contributed by atoms with Crippen LogP contribution in [0.1, 0.15) is 56.9 Å².